The summed E-state index contributed by atoms with van der Waals surface area (Å²) in [5, 5.41) is 6.09. The van der Waals surface area contributed by atoms with E-state index in [0.717, 1.165) is 22.4 Å². The average molecular weight is 393 g/mol. The van der Waals surface area contributed by atoms with Gasteiger partial charge in [0.25, 0.3) is 5.91 Å². The third-order valence-electron chi connectivity index (χ3n) is 5.24. The molecular weight excluding hydrogens is 369 g/mol. The minimum atomic E-state index is -0.409. The molecule has 2 aromatic rings. The molecule has 4 rings (SSSR count). The maximum Gasteiger partial charge on any atom is 0.257 e. The fourth-order valence-electron chi connectivity index (χ4n) is 3.77. The Morgan fingerprint density at radius 1 is 1.41 bits per heavy atom. The lowest BCUT2D eigenvalue weighted by Crippen LogP contribution is -2.49. The third kappa shape index (κ3) is 3.79. The highest BCUT2D eigenvalue weighted by Crippen LogP contribution is 2.32. The quantitative estimate of drug-likeness (QED) is 0.721. The van der Waals surface area contributed by atoms with Crippen molar-refractivity contribution in [2.24, 2.45) is 5.73 Å². The third-order valence-corrected chi connectivity index (χ3v) is 5.24. The first-order valence-electron chi connectivity index (χ1n) is 9.69. The van der Waals surface area contributed by atoms with E-state index in [1.807, 2.05) is 35.4 Å². The summed E-state index contributed by atoms with van der Waals surface area (Å²) in [5.41, 5.74) is 9.75. The number of nitrogens with one attached hydrogen (secondary N) is 2. The van der Waals surface area contributed by atoms with Crippen LogP contribution in [0.25, 0.3) is 16.8 Å². The van der Waals surface area contributed by atoms with Crippen LogP contribution in [0.15, 0.2) is 54.9 Å². The minimum absolute atomic E-state index is 0.0617. The van der Waals surface area contributed by atoms with E-state index in [0.29, 0.717) is 25.2 Å². The van der Waals surface area contributed by atoms with Crippen molar-refractivity contribution in [2.45, 2.75) is 19.1 Å². The first-order valence-corrected chi connectivity index (χ1v) is 9.69. The Kier molecular flexibility index (Phi) is 5.42. The topological polar surface area (TPSA) is 83.3 Å². The SMILES string of the molecule is Cc1cc(-c2ncccc2C2=CC3CNC(C(=O)NCCN)N3C=C2)ccc1F. The Labute approximate surface area is 169 Å². The Hall–Kier alpha value is -3.03. The number of aromatic nitrogens is 1. The summed E-state index contributed by atoms with van der Waals surface area (Å²) in [6, 6.07) is 9.01. The molecule has 2 aliphatic rings. The van der Waals surface area contributed by atoms with Crippen LogP contribution in [-0.4, -0.2) is 47.6 Å². The van der Waals surface area contributed by atoms with Gasteiger partial charge in [-0.3, -0.25) is 15.1 Å². The van der Waals surface area contributed by atoms with E-state index < -0.39 is 6.17 Å². The monoisotopic (exact) mass is 393 g/mol. The van der Waals surface area contributed by atoms with Gasteiger partial charge in [0, 0.05) is 43.2 Å². The molecule has 4 N–H and O–H groups in total. The molecule has 0 radical (unpaired) electrons. The molecular formula is C22H24FN5O. The van der Waals surface area contributed by atoms with E-state index >= 15 is 0 Å². The lowest BCUT2D eigenvalue weighted by Gasteiger charge is -2.29. The molecule has 1 aromatic carbocycles. The number of carbonyl (C=O) groups is 1. The average Bonchev–Trinajstić information content (AvgIpc) is 3.17. The van der Waals surface area contributed by atoms with Crippen molar-refractivity contribution in [3.8, 4) is 11.3 Å². The lowest BCUT2D eigenvalue weighted by molar-refractivity contribution is -0.125. The Balaban J connectivity index is 1.61. The van der Waals surface area contributed by atoms with Crippen molar-refractivity contribution in [3.63, 3.8) is 0 Å². The highest BCUT2D eigenvalue weighted by Gasteiger charge is 2.35. The molecule has 29 heavy (non-hydrogen) atoms. The van der Waals surface area contributed by atoms with Crippen molar-refractivity contribution < 1.29 is 9.18 Å². The number of aryl methyl sites for hydroxylation is 1. The van der Waals surface area contributed by atoms with E-state index in [4.69, 9.17) is 5.73 Å². The van der Waals surface area contributed by atoms with Gasteiger partial charge >= 0.3 is 0 Å². The first kappa shape index (κ1) is 19.3. The normalized spacial score (nSPS) is 20.4. The van der Waals surface area contributed by atoms with Gasteiger partial charge in [-0.05, 0) is 48.4 Å². The fraction of sp³-hybridized carbons (Fsp3) is 0.273. The second kappa shape index (κ2) is 8.14. The molecule has 7 heteroatoms. The molecule has 1 amide bonds. The van der Waals surface area contributed by atoms with Crippen LogP contribution in [0.2, 0.25) is 0 Å². The van der Waals surface area contributed by atoms with Crippen molar-refractivity contribution in [3.05, 3.63) is 71.8 Å². The molecule has 1 aromatic heterocycles. The van der Waals surface area contributed by atoms with E-state index in [-0.39, 0.29) is 17.8 Å². The number of carbonyl (C=O) groups excluding carboxylic acids is 1. The molecule has 3 heterocycles. The molecule has 2 aliphatic heterocycles. The number of halogens is 1. The van der Waals surface area contributed by atoms with E-state index in [1.165, 1.54) is 6.07 Å². The van der Waals surface area contributed by atoms with Gasteiger partial charge in [0.1, 0.15) is 5.82 Å². The van der Waals surface area contributed by atoms with Crippen LogP contribution in [0.5, 0.6) is 0 Å². The number of fused-ring (bicyclic) bond motifs is 1. The summed E-state index contributed by atoms with van der Waals surface area (Å²) in [5.74, 6) is -0.307. The fourth-order valence-corrected chi connectivity index (χ4v) is 3.77. The number of nitrogens with zero attached hydrogens (tertiary/aromatic N) is 2. The largest absolute Gasteiger partial charge is 0.352 e. The molecule has 2 atom stereocenters. The van der Waals surface area contributed by atoms with Crippen molar-refractivity contribution in [1.82, 2.24) is 20.5 Å². The van der Waals surface area contributed by atoms with Gasteiger partial charge in [-0.1, -0.05) is 12.1 Å². The Morgan fingerprint density at radius 3 is 3.07 bits per heavy atom. The summed E-state index contributed by atoms with van der Waals surface area (Å²) in [7, 11) is 0. The predicted molar refractivity (Wildman–Crippen MR) is 111 cm³/mol. The molecule has 0 aliphatic carbocycles. The lowest BCUT2D eigenvalue weighted by atomic mass is 9.95. The number of allylic oxidation sites excluding steroid dienone is 2. The van der Waals surface area contributed by atoms with E-state index in [2.05, 4.69) is 21.7 Å². The van der Waals surface area contributed by atoms with Gasteiger partial charge < -0.3 is 16.0 Å². The van der Waals surface area contributed by atoms with Gasteiger partial charge in [-0.15, -0.1) is 0 Å². The van der Waals surface area contributed by atoms with E-state index in [1.54, 1.807) is 19.2 Å². The summed E-state index contributed by atoms with van der Waals surface area (Å²) in [6.07, 6.45) is 7.41. The number of pyridine rings is 1. The molecule has 2 unspecified atom stereocenters. The maximum absolute atomic E-state index is 13.7. The number of nitrogens with two attached hydrogens (primary N) is 1. The number of amides is 1. The first-order chi connectivity index (χ1) is 14.1. The highest BCUT2D eigenvalue weighted by atomic mass is 19.1. The summed E-state index contributed by atoms with van der Waals surface area (Å²) < 4.78 is 13.7. The summed E-state index contributed by atoms with van der Waals surface area (Å²) in [4.78, 5) is 18.9. The van der Waals surface area contributed by atoms with Crippen LogP contribution in [0, 0.1) is 12.7 Å². The van der Waals surface area contributed by atoms with Crippen molar-refractivity contribution in [1.29, 1.82) is 0 Å². The van der Waals surface area contributed by atoms with Gasteiger partial charge in [0.15, 0.2) is 6.17 Å². The van der Waals surface area contributed by atoms with Crippen molar-refractivity contribution >= 4 is 11.5 Å². The molecule has 1 saturated heterocycles. The number of hydrogen-bond donors (Lipinski definition) is 3. The number of benzene rings is 1. The van der Waals surface area contributed by atoms with Gasteiger partial charge in [-0.25, -0.2) is 4.39 Å². The molecule has 0 spiro atoms. The Bertz CT molecular complexity index is 987. The van der Waals surface area contributed by atoms with Gasteiger partial charge in [-0.2, -0.15) is 0 Å². The van der Waals surface area contributed by atoms with E-state index in [9.17, 15) is 9.18 Å². The van der Waals surface area contributed by atoms with Crippen LogP contribution in [-0.2, 0) is 4.79 Å². The Morgan fingerprint density at radius 2 is 2.28 bits per heavy atom. The van der Waals surface area contributed by atoms with Crippen LogP contribution >= 0.6 is 0 Å². The molecule has 0 bridgehead atoms. The number of hydrogen-bond acceptors (Lipinski definition) is 5. The summed E-state index contributed by atoms with van der Waals surface area (Å²) in [6.45, 7) is 3.28. The van der Waals surface area contributed by atoms with Crippen LogP contribution in [0.3, 0.4) is 0 Å². The van der Waals surface area contributed by atoms with Gasteiger partial charge in [0.05, 0.1) is 11.7 Å². The minimum Gasteiger partial charge on any atom is -0.352 e. The molecule has 6 nitrogen and oxygen atoms in total. The molecule has 1 fully saturated rings. The maximum atomic E-state index is 13.7. The standard InChI is InChI=1S/C22H24FN5O/c1-14-11-16(4-5-19(14)23)20-18(3-2-8-25-20)15-6-10-28-17(12-15)13-27-21(28)22(29)26-9-7-24/h2-6,8,10-12,17,21,27H,7,9,13,24H2,1H3,(H,26,29). The summed E-state index contributed by atoms with van der Waals surface area (Å²) >= 11 is 0. The zero-order chi connectivity index (χ0) is 20.4. The molecule has 150 valence electrons. The number of rotatable bonds is 5. The second-order valence-electron chi connectivity index (χ2n) is 7.21. The van der Waals surface area contributed by atoms with Crippen molar-refractivity contribution in [2.75, 3.05) is 19.6 Å². The van der Waals surface area contributed by atoms with Gasteiger partial charge in [0.2, 0.25) is 0 Å². The molecule has 0 saturated carbocycles. The van der Waals surface area contributed by atoms with Crippen LogP contribution in [0.4, 0.5) is 4.39 Å². The van der Waals surface area contributed by atoms with Crippen LogP contribution in [0.1, 0.15) is 11.1 Å². The smallest absolute Gasteiger partial charge is 0.257 e. The highest BCUT2D eigenvalue weighted by molar-refractivity contribution is 5.86. The zero-order valence-corrected chi connectivity index (χ0v) is 16.2. The zero-order valence-electron chi connectivity index (χ0n) is 16.2. The van der Waals surface area contributed by atoms with Crippen LogP contribution < -0.4 is 16.4 Å². The predicted octanol–water partition coefficient (Wildman–Crippen LogP) is 1.78. The second-order valence-corrected chi connectivity index (χ2v) is 7.21.